The molecule has 2 rings (SSSR count). The van der Waals surface area contributed by atoms with Crippen LogP contribution in [-0.4, -0.2) is 47.8 Å². The summed E-state index contributed by atoms with van der Waals surface area (Å²) < 4.78 is 12.8. The number of carbonyl (C=O) groups excluding carboxylic acids is 2. The van der Waals surface area contributed by atoms with Gasteiger partial charge in [-0.1, -0.05) is 12.1 Å². The van der Waals surface area contributed by atoms with E-state index in [2.05, 4.69) is 0 Å². The molecule has 1 aliphatic rings. The fourth-order valence-electron chi connectivity index (χ4n) is 2.54. The van der Waals surface area contributed by atoms with Gasteiger partial charge in [0.2, 0.25) is 11.8 Å². The van der Waals surface area contributed by atoms with Crippen molar-refractivity contribution in [2.45, 2.75) is 26.2 Å². The van der Waals surface area contributed by atoms with Crippen LogP contribution in [0.1, 0.15) is 25.3 Å². The minimum atomic E-state index is -0.262. The van der Waals surface area contributed by atoms with E-state index in [1.54, 1.807) is 24.0 Å². The van der Waals surface area contributed by atoms with Crippen molar-refractivity contribution >= 4 is 11.8 Å². The van der Waals surface area contributed by atoms with Gasteiger partial charge in [-0.3, -0.25) is 9.59 Å². The molecule has 0 bridgehead atoms. The summed E-state index contributed by atoms with van der Waals surface area (Å²) in [4.78, 5) is 27.2. The van der Waals surface area contributed by atoms with Gasteiger partial charge in [0.15, 0.2) is 0 Å². The summed E-state index contributed by atoms with van der Waals surface area (Å²) in [6.07, 6.45) is 1.86. The standard InChI is InChI=1S/C16H21FN2O2/c1-13(20)18-9-2-10-19(12-11-18)16(21)8-5-14-3-6-15(17)7-4-14/h3-4,6-7H,2,5,8-12H2,1H3. The molecule has 2 amide bonds. The van der Waals surface area contributed by atoms with Gasteiger partial charge in [-0.05, 0) is 30.5 Å². The number of carbonyl (C=O) groups is 2. The number of benzene rings is 1. The molecule has 0 saturated carbocycles. The number of hydrogen-bond acceptors (Lipinski definition) is 2. The first kappa shape index (κ1) is 15.5. The highest BCUT2D eigenvalue weighted by Gasteiger charge is 2.19. The zero-order valence-electron chi connectivity index (χ0n) is 12.3. The van der Waals surface area contributed by atoms with Gasteiger partial charge < -0.3 is 9.80 Å². The zero-order chi connectivity index (χ0) is 15.2. The second-order valence-electron chi connectivity index (χ2n) is 5.37. The average Bonchev–Trinajstić information content (AvgIpc) is 2.72. The van der Waals surface area contributed by atoms with E-state index in [4.69, 9.17) is 0 Å². The van der Waals surface area contributed by atoms with Gasteiger partial charge in [0, 0.05) is 39.5 Å². The van der Waals surface area contributed by atoms with Crippen molar-refractivity contribution in [3.8, 4) is 0 Å². The summed E-state index contributed by atoms with van der Waals surface area (Å²) in [6.45, 7) is 4.19. The van der Waals surface area contributed by atoms with Gasteiger partial charge in [0.25, 0.3) is 0 Å². The summed E-state index contributed by atoms with van der Waals surface area (Å²) in [7, 11) is 0. The second kappa shape index (κ2) is 7.20. The van der Waals surface area contributed by atoms with E-state index in [9.17, 15) is 14.0 Å². The van der Waals surface area contributed by atoms with E-state index >= 15 is 0 Å². The van der Waals surface area contributed by atoms with Crippen LogP contribution in [0, 0.1) is 5.82 Å². The van der Waals surface area contributed by atoms with Crippen molar-refractivity contribution in [1.29, 1.82) is 0 Å². The summed E-state index contributed by atoms with van der Waals surface area (Å²) in [5.74, 6) is -0.0951. The summed E-state index contributed by atoms with van der Waals surface area (Å²) in [5.41, 5.74) is 0.963. The van der Waals surface area contributed by atoms with E-state index in [1.165, 1.54) is 12.1 Å². The Morgan fingerprint density at radius 2 is 1.67 bits per heavy atom. The van der Waals surface area contributed by atoms with E-state index in [1.807, 2.05) is 4.90 Å². The lowest BCUT2D eigenvalue weighted by molar-refractivity contribution is -0.132. The zero-order valence-corrected chi connectivity index (χ0v) is 12.3. The van der Waals surface area contributed by atoms with Gasteiger partial charge in [0.05, 0.1) is 0 Å². The van der Waals surface area contributed by atoms with Gasteiger partial charge >= 0.3 is 0 Å². The molecule has 0 spiro atoms. The Bertz CT molecular complexity index is 502. The number of hydrogen-bond donors (Lipinski definition) is 0. The van der Waals surface area contributed by atoms with Crippen molar-refractivity contribution in [1.82, 2.24) is 9.80 Å². The number of halogens is 1. The Morgan fingerprint density at radius 3 is 2.33 bits per heavy atom. The Balaban J connectivity index is 1.83. The lowest BCUT2D eigenvalue weighted by atomic mass is 10.1. The molecule has 0 aliphatic carbocycles. The molecule has 1 heterocycles. The van der Waals surface area contributed by atoms with Crippen LogP contribution >= 0.6 is 0 Å². The first-order chi connectivity index (χ1) is 10.1. The summed E-state index contributed by atoms with van der Waals surface area (Å²) >= 11 is 0. The Kier molecular flexibility index (Phi) is 5.31. The molecule has 0 N–H and O–H groups in total. The highest BCUT2D eigenvalue weighted by molar-refractivity contribution is 5.77. The van der Waals surface area contributed by atoms with E-state index < -0.39 is 0 Å². The lowest BCUT2D eigenvalue weighted by Gasteiger charge is -2.21. The maximum absolute atomic E-state index is 12.8. The number of amides is 2. The maximum Gasteiger partial charge on any atom is 0.222 e. The molecule has 0 aromatic heterocycles. The summed E-state index contributed by atoms with van der Waals surface area (Å²) in [5, 5.41) is 0. The molecular weight excluding hydrogens is 271 g/mol. The van der Waals surface area contributed by atoms with Crippen LogP contribution in [0.5, 0.6) is 0 Å². The van der Waals surface area contributed by atoms with Gasteiger partial charge in [-0.15, -0.1) is 0 Å². The quantitative estimate of drug-likeness (QED) is 0.853. The maximum atomic E-state index is 12.8. The molecule has 0 radical (unpaired) electrons. The minimum Gasteiger partial charge on any atom is -0.341 e. The van der Waals surface area contributed by atoms with Crippen LogP contribution in [0.2, 0.25) is 0 Å². The Morgan fingerprint density at radius 1 is 1.05 bits per heavy atom. The molecule has 1 aromatic carbocycles. The van der Waals surface area contributed by atoms with E-state index in [0.717, 1.165) is 18.5 Å². The molecular formula is C16H21FN2O2. The average molecular weight is 292 g/mol. The second-order valence-corrected chi connectivity index (χ2v) is 5.37. The third-order valence-electron chi connectivity index (χ3n) is 3.83. The van der Waals surface area contributed by atoms with Crippen molar-refractivity contribution < 1.29 is 14.0 Å². The predicted octanol–water partition coefficient (Wildman–Crippen LogP) is 1.84. The molecule has 4 nitrogen and oxygen atoms in total. The molecule has 5 heteroatoms. The predicted molar refractivity (Wildman–Crippen MR) is 78.2 cm³/mol. The van der Waals surface area contributed by atoms with Crippen LogP contribution in [-0.2, 0) is 16.0 Å². The third kappa shape index (κ3) is 4.55. The molecule has 1 fully saturated rings. The Hall–Kier alpha value is -1.91. The highest BCUT2D eigenvalue weighted by Crippen LogP contribution is 2.09. The van der Waals surface area contributed by atoms with Crippen LogP contribution in [0.3, 0.4) is 0 Å². The van der Waals surface area contributed by atoms with Gasteiger partial charge in [0.1, 0.15) is 5.82 Å². The number of nitrogens with zero attached hydrogens (tertiary/aromatic N) is 2. The monoisotopic (exact) mass is 292 g/mol. The van der Waals surface area contributed by atoms with Crippen LogP contribution in [0.15, 0.2) is 24.3 Å². The highest BCUT2D eigenvalue weighted by atomic mass is 19.1. The molecule has 1 aliphatic heterocycles. The molecule has 1 saturated heterocycles. The number of rotatable bonds is 3. The Labute approximate surface area is 124 Å². The normalized spacial score (nSPS) is 15.7. The van der Waals surface area contributed by atoms with Gasteiger partial charge in [-0.25, -0.2) is 4.39 Å². The molecule has 1 aromatic rings. The van der Waals surface area contributed by atoms with Crippen LogP contribution in [0.4, 0.5) is 4.39 Å². The minimum absolute atomic E-state index is 0.0654. The van der Waals surface area contributed by atoms with Crippen molar-refractivity contribution in [3.05, 3.63) is 35.6 Å². The molecule has 21 heavy (non-hydrogen) atoms. The fraction of sp³-hybridized carbons (Fsp3) is 0.500. The summed E-state index contributed by atoms with van der Waals surface area (Å²) in [6, 6.07) is 6.25. The van der Waals surface area contributed by atoms with Crippen LogP contribution < -0.4 is 0 Å². The first-order valence-corrected chi connectivity index (χ1v) is 7.34. The fourth-order valence-corrected chi connectivity index (χ4v) is 2.54. The van der Waals surface area contributed by atoms with Crippen LogP contribution in [0.25, 0.3) is 0 Å². The number of aryl methyl sites for hydroxylation is 1. The van der Waals surface area contributed by atoms with E-state index in [0.29, 0.717) is 32.5 Å². The smallest absolute Gasteiger partial charge is 0.222 e. The largest absolute Gasteiger partial charge is 0.341 e. The molecule has 114 valence electrons. The topological polar surface area (TPSA) is 40.6 Å². The van der Waals surface area contributed by atoms with Crippen molar-refractivity contribution in [3.63, 3.8) is 0 Å². The third-order valence-corrected chi connectivity index (χ3v) is 3.83. The first-order valence-electron chi connectivity index (χ1n) is 7.34. The molecule has 0 unspecified atom stereocenters. The van der Waals surface area contributed by atoms with Crippen molar-refractivity contribution in [2.75, 3.05) is 26.2 Å². The van der Waals surface area contributed by atoms with E-state index in [-0.39, 0.29) is 17.6 Å². The van der Waals surface area contributed by atoms with Crippen molar-refractivity contribution in [2.24, 2.45) is 0 Å². The SMILES string of the molecule is CC(=O)N1CCCN(C(=O)CCc2ccc(F)cc2)CC1. The molecule has 0 atom stereocenters. The van der Waals surface area contributed by atoms with Gasteiger partial charge in [-0.2, -0.15) is 0 Å². The lowest BCUT2D eigenvalue weighted by Crippen LogP contribution is -2.36.